The van der Waals surface area contributed by atoms with E-state index in [0.29, 0.717) is 17.2 Å². The van der Waals surface area contributed by atoms with Crippen LogP contribution in [0.1, 0.15) is 0 Å². The van der Waals surface area contributed by atoms with Crippen LogP contribution in [0, 0.1) is 0 Å². The number of aromatic amines is 1. The summed E-state index contributed by atoms with van der Waals surface area (Å²) in [5.74, 6) is 1.24. The maximum Gasteiger partial charge on any atom is 0.248 e. The van der Waals surface area contributed by atoms with Gasteiger partial charge in [0.15, 0.2) is 11.5 Å². The molecule has 1 heterocycles. The number of benzene rings is 1. The summed E-state index contributed by atoms with van der Waals surface area (Å²) < 4.78 is 10.5. The Morgan fingerprint density at radius 3 is 2.41 bits per heavy atom. The maximum absolute atomic E-state index is 11.3. The zero-order chi connectivity index (χ0) is 12.3. The van der Waals surface area contributed by atoms with Gasteiger partial charge in [0.1, 0.15) is 0 Å². The Hall–Kier alpha value is -2.23. The first-order valence-electron chi connectivity index (χ1n) is 5.17. The first-order valence-corrected chi connectivity index (χ1v) is 5.17. The average molecular weight is 231 g/mol. The molecule has 0 spiro atoms. The third-order valence-corrected chi connectivity index (χ3v) is 2.46. The molecule has 1 aromatic heterocycles. The minimum absolute atomic E-state index is 0.146. The summed E-state index contributed by atoms with van der Waals surface area (Å²) in [5, 5.41) is 0. The fourth-order valence-electron chi connectivity index (χ4n) is 1.70. The second-order valence-electron chi connectivity index (χ2n) is 3.47. The van der Waals surface area contributed by atoms with Crippen LogP contribution in [0.3, 0.4) is 0 Å². The molecular formula is C13H13NO3. The van der Waals surface area contributed by atoms with Crippen molar-refractivity contribution in [1.82, 2.24) is 4.98 Å². The van der Waals surface area contributed by atoms with Gasteiger partial charge in [-0.05, 0) is 18.2 Å². The van der Waals surface area contributed by atoms with Crippen LogP contribution in [0.4, 0.5) is 0 Å². The number of pyridine rings is 1. The lowest BCUT2D eigenvalue weighted by atomic mass is 10.1. The molecule has 0 fully saturated rings. The highest BCUT2D eigenvalue weighted by molar-refractivity contribution is 5.70. The monoisotopic (exact) mass is 231 g/mol. The van der Waals surface area contributed by atoms with Crippen molar-refractivity contribution in [3.8, 4) is 22.8 Å². The lowest BCUT2D eigenvalue weighted by molar-refractivity contribution is 0.356. The van der Waals surface area contributed by atoms with E-state index in [1.165, 1.54) is 6.07 Å². The lowest BCUT2D eigenvalue weighted by Crippen LogP contribution is -2.04. The molecule has 0 unspecified atom stereocenters. The molecule has 0 atom stereocenters. The zero-order valence-corrected chi connectivity index (χ0v) is 9.69. The number of nitrogens with one attached hydrogen (secondary N) is 1. The van der Waals surface area contributed by atoms with Crippen LogP contribution in [-0.2, 0) is 0 Å². The van der Waals surface area contributed by atoms with Crippen molar-refractivity contribution in [3.63, 3.8) is 0 Å². The van der Waals surface area contributed by atoms with Gasteiger partial charge < -0.3 is 14.5 Å². The minimum atomic E-state index is -0.146. The number of para-hydroxylation sites is 1. The Bertz CT molecular complexity index is 575. The molecule has 17 heavy (non-hydrogen) atoms. The zero-order valence-electron chi connectivity index (χ0n) is 9.69. The summed E-state index contributed by atoms with van der Waals surface area (Å²) in [6, 6.07) is 10.5. The molecule has 0 aliphatic rings. The van der Waals surface area contributed by atoms with E-state index in [0.717, 1.165) is 5.56 Å². The quantitative estimate of drug-likeness (QED) is 0.879. The predicted octanol–water partition coefficient (Wildman–Crippen LogP) is 2.06. The van der Waals surface area contributed by atoms with E-state index in [1.54, 1.807) is 20.3 Å². The summed E-state index contributed by atoms with van der Waals surface area (Å²) in [4.78, 5) is 14.0. The highest BCUT2D eigenvalue weighted by atomic mass is 16.5. The van der Waals surface area contributed by atoms with Gasteiger partial charge in [-0.15, -0.1) is 0 Å². The highest BCUT2D eigenvalue weighted by Crippen LogP contribution is 2.36. The third-order valence-electron chi connectivity index (χ3n) is 2.46. The van der Waals surface area contributed by atoms with E-state index in [-0.39, 0.29) is 5.56 Å². The summed E-state index contributed by atoms with van der Waals surface area (Å²) in [6.45, 7) is 0. The van der Waals surface area contributed by atoms with Gasteiger partial charge in [0, 0.05) is 11.6 Å². The molecule has 1 N–H and O–H groups in total. The van der Waals surface area contributed by atoms with Crippen molar-refractivity contribution in [3.05, 3.63) is 46.8 Å². The third kappa shape index (κ3) is 2.15. The highest BCUT2D eigenvalue weighted by Gasteiger charge is 2.11. The molecule has 0 bridgehead atoms. The standard InChI is InChI=1S/C13H13NO3/c1-16-11-7-3-5-9(13(11)17-2)10-6-4-8-12(15)14-10/h3-8H,1-2H3,(H,14,15). The predicted molar refractivity (Wildman–Crippen MR) is 65.6 cm³/mol. The molecule has 0 aliphatic heterocycles. The van der Waals surface area contributed by atoms with Crippen LogP contribution >= 0.6 is 0 Å². The molecular weight excluding hydrogens is 218 g/mol. The molecule has 0 saturated carbocycles. The van der Waals surface area contributed by atoms with Crippen LogP contribution in [0.15, 0.2) is 41.2 Å². The molecule has 2 rings (SSSR count). The average Bonchev–Trinajstić information content (AvgIpc) is 2.37. The van der Waals surface area contributed by atoms with Gasteiger partial charge in [-0.2, -0.15) is 0 Å². The van der Waals surface area contributed by atoms with Gasteiger partial charge in [-0.1, -0.05) is 12.1 Å². The van der Waals surface area contributed by atoms with Gasteiger partial charge in [-0.3, -0.25) is 4.79 Å². The van der Waals surface area contributed by atoms with Crippen LogP contribution in [0.5, 0.6) is 11.5 Å². The summed E-state index contributed by atoms with van der Waals surface area (Å²) in [5.41, 5.74) is 1.35. The van der Waals surface area contributed by atoms with Crippen molar-refractivity contribution >= 4 is 0 Å². The lowest BCUT2D eigenvalue weighted by Gasteiger charge is -2.12. The van der Waals surface area contributed by atoms with Gasteiger partial charge in [-0.25, -0.2) is 0 Å². The maximum atomic E-state index is 11.3. The summed E-state index contributed by atoms with van der Waals surface area (Å²) >= 11 is 0. The largest absolute Gasteiger partial charge is 0.493 e. The second-order valence-corrected chi connectivity index (χ2v) is 3.47. The first kappa shape index (κ1) is 11.3. The van der Waals surface area contributed by atoms with Crippen molar-refractivity contribution in [2.45, 2.75) is 0 Å². The van der Waals surface area contributed by atoms with Crippen molar-refractivity contribution in [1.29, 1.82) is 0 Å². The smallest absolute Gasteiger partial charge is 0.248 e. The number of H-pyrrole nitrogens is 1. The van der Waals surface area contributed by atoms with Crippen LogP contribution < -0.4 is 15.0 Å². The molecule has 1 aromatic carbocycles. The number of hydrogen-bond donors (Lipinski definition) is 1. The van der Waals surface area contributed by atoms with Crippen molar-refractivity contribution in [2.24, 2.45) is 0 Å². The number of ether oxygens (including phenoxy) is 2. The van der Waals surface area contributed by atoms with Gasteiger partial charge in [0.05, 0.1) is 19.9 Å². The number of hydrogen-bond acceptors (Lipinski definition) is 3. The van der Waals surface area contributed by atoms with Crippen molar-refractivity contribution in [2.75, 3.05) is 14.2 Å². The molecule has 4 heteroatoms. The van der Waals surface area contributed by atoms with Crippen molar-refractivity contribution < 1.29 is 9.47 Å². The van der Waals surface area contributed by atoms with Gasteiger partial charge in [0.25, 0.3) is 0 Å². The normalized spacial score (nSPS) is 10.0. The topological polar surface area (TPSA) is 51.3 Å². The van der Waals surface area contributed by atoms with Crippen LogP contribution in [0.25, 0.3) is 11.3 Å². The van der Waals surface area contributed by atoms with E-state index in [1.807, 2.05) is 24.3 Å². The number of aromatic nitrogens is 1. The fourth-order valence-corrected chi connectivity index (χ4v) is 1.70. The summed E-state index contributed by atoms with van der Waals surface area (Å²) in [7, 11) is 3.15. The first-order chi connectivity index (χ1) is 8.26. The van der Waals surface area contributed by atoms with Crippen LogP contribution in [-0.4, -0.2) is 19.2 Å². The number of rotatable bonds is 3. The number of methoxy groups -OCH3 is 2. The molecule has 4 nitrogen and oxygen atoms in total. The van der Waals surface area contributed by atoms with Gasteiger partial charge in [0.2, 0.25) is 5.56 Å². The second kappa shape index (κ2) is 4.74. The molecule has 2 aromatic rings. The van der Waals surface area contributed by atoms with E-state index < -0.39 is 0 Å². The van der Waals surface area contributed by atoms with E-state index in [9.17, 15) is 4.79 Å². The van der Waals surface area contributed by atoms with E-state index in [4.69, 9.17) is 9.47 Å². The Kier molecular flexibility index (Phi) is 3.14. The van der Waals surface area contributed by atoms with E-state index >= 15 is 0 Å². The van der Waals surface area contributed by atoms with E-state index in [2.05, 4.69) is 4.98 Å². The van der Waals surface area contributed by atoms with Gasteiger partial charge >= 0.3 is 0 Å². The van der Waals surface area contributed by atoms with Crippen LogP contribution in [0.2, 0.25) is 0 Å². The molecule has 0 aliphatic carbocycles. The Morgan fingerprint density at radius 1 is 1.00 bits per heavy atom. The molecule has 88 valence electrons. The Balaban J connectivity index is 2.63. The SMILES string of the molecule is COc1cccc(-c2cccc(=O)[nH]2)c1OC. The summed E-state index contributed by atoms with van der Waals surface area (Å²) in [6.07, 6.45) is 0. The fraction of sp³-hybridized carbons (Fsp3) is 0.154. The minimum Gasteiger partial charge on any atom is -0.493 e. The molecule has 0 amide bonds. The Morgan fingerprint density at radius 2 is 1.76 bits per heavy atom. The molecule has 0 radical (unpaired) electrons. The Labute approximate surface area is 98.8 Å². The molecule has 0 saturated heterocycles.